The highest BCUT2D eigenvalue weighted by Gasteiger charge is 2.13. The number of hydrogen-bond acceptors (Lipinski definition) is 3. The number of halogens is 1. The number of benzene rings is 2. The lowest BCUT2D eigenvalue weighted by molar-refractivity contribution is 1.07. The molecule has 0 saturated carbocycles. The van der Waals surface area contributed by atoms with Gasteiger partial charge in [0.05, 0.1) is 5.01 Å². The molecule has 21 heavy (non-hydrogen) atoms. The summed E-state index contributed by atoms with van der Waals surface area (Å²) in [5.74, 6) is 0. The van der Waals surface area contributed by atoms with E-state index in [1.807, 2.05) is 41.9 Å². The zero-order valence-electron chi connectivity index (χ0n) is 11.4. The van der Waals surface area contributed by atoms with Crippen LogP contribution in [0.2, 0.25) is 5.02 Å². The van der Waals surface area contributed by atoms with Crippen LogP contribution >= 0.6 is 22.9 Å². The summed E-state index contributed by atoms with van der Waals surface area (Å²) in [5.41, 5.74) is 10.3. The minimum absolute atomic E-state index is 0.474. The maximum absolute atomic E-state index is 6.43. The number of hydrogen-bond donors (Lipinski definition) is 1. The van der Waals surface area contributed by atoms with E-state index in [0.717, 1.165) is 33.1 Å². The van der Waals surface area contributed by atoms with Crippen LogP contribution in [-0.2, 0) is 13.0 Å². The fraction of sp³-hybridized carbons (Fsp3) is 0.118. The molecule has 0 aliphatic heterocycles. The second kappa shape index (κ2) is 6.39. The first-order valence-corrected chi connectivity index (χ1v) is 7.99. The molecule has 0 radical (unpaired) electrons. The Morgan fingerprint density at radius 3 is 2.62 bits per heavy atom. The quantitative estimate of drug-likeness (QED) is 0.769. The van der Waals surface area contributed by atoms with Crippen molar-refractivity contribution >= 4 is 22.9 Å². The molecule has 1 heterocycles. The van der Waals surface area contributed by atoms with E-state index >= 15 is 0 Å². The summed E-state index contributed by atoms with van der Waals surface area (Å²) in [5, 5.41) is 3.84. The summed E-state index contributed by atoms with van der Waals surface area (Å²) in [6, 6.07) is 14.2. The molecule has 0 aliphatic rings. The maximum Gasteiger partial charge on any atom is 0.0968 e. The summed E-state index contributed by atoms with van der Waals surface area (Å²) in [4.78, 5) is 4.37. The molecule has 3 rings (SSSR count). The zero-order valence-corrected chi connectivity index (χ0v) is 13.0. The number of aromatic nitrogens is 1. The minimum Gasteiger partial charge on any atom is -0.326 e. The summed E-state index contributed by atoms with van der Waals surface area (Å²) in [6.45, 7) is 0.474. The van der Waals surface area contributed by atoms with Gasteiger partial charge in [-0.1, -0.05) is 48.0 Å². The largest absolute Gasteiger partial charge is 0.326 e. The van der Waals surface area contributed by atoms with Gasteiger partial charge in [-0.2, -0.15) is 0 Å². The van der Waals surface area contributed by atoms with Crippen LogP contribution in [0.25, 0.3) is 11.1 Å². The molecule has 0 fully saturated rings. The van der Waals surface area contributed by atoms with Crippen LogP contribution in [-0.4, -0.2) is 4.98 Å². The number of thiazole rings is 1. The fourth-order valence-corrected chi connectivity index (χ4v) is 3.40. The predicted molar refractivity (Wildman–Crippen MR) is 89.7 cm³/mol. The van der Waals surface area contributed by atoms with Crippen molar-refractivity contribution in [3.8, 4) is 11.1 Å². The van der Waals surface area contributed by atoms with Gasteiger partial charge in [-0.05, 0) is 22.8 Å². The highest BCUT2D eigenvalue weighted by atomic mass is 35.5. The van der Waals surface area contributed by atoms with E-state index in [4.69, 9.17) is 17.3 Å². The molecule has 0 aliphatic carbocycles. The molecule has 0 amide bonds. The van der Waals surface area contributed by atoms with E-state index in [1.54, 1.807) is 11.3 Å². The van der Waals surface area contributed by atoms with Crippen molar-refractivity contribution in [1.29, 1.82) is 0 Å². The van der Waals surface area contributed by atoms with Crippen molar-refractivity contribution in [2.24, 2.45) is 5.73 Å². The molecular formula is C17H15ClN2S. The average Bonchev–Trinajstić information content (AvgIpc) is 3.01. The lowest BCUT2D eigenvalue weighted by atomic mass is 9.94. The third kappa shape index (κ3) is 3.00. The lowest BCUT2D eigenvalue weighted by Crippen LogP contribution is -2.01. The number of rotatable bonds is 4. The van der Waals surface area contributed by atoms with Crippen molar-refractivity contribution in [3.63, 3.8) is 0 Å². The Hall–Kier alpha value is -1.68. The van der Waals surface area contributed by atoms with Crippen LogP contribution in [0.3, 0.4) is 0 Å². The van der Waals surface area contributed by atoms with Gasteiger partial charge in [0, 0.05) is 35.1 Å². The first-order valence-electron chi connectivity index (χ1n) is 6.73. The monoisotopic (exact) mass is 314 g/mol. The van der Waals surface area contributed by atoms with Crippen molar-refractivity contribution in [3.05, 3.63) is 75.2 Å². The second-order valence-electron chi connectivity index (χ2n) is 4.74. The molecular weight excluding hydrogens is 300 g/mol. The molecule has 0 unspecified atom stereocenters. The average molecular weight is 315 g/mol. The Kier molecular flexibility index (Phi) is 4.34. The predicted octanol–water partition coefficient (Wildman–Crippen LogP) is 4.51. The highest BCUT2D eigenvalue weighted by molar-refractivity contribution is 7.09. The molecule has 106 valence electrons. The van der Waals surface area contributed by atoms with Crippen LogP contribution in [0.5, 0.6) is 0 Å². The van der Waals surface area contributed by atoms with Gasteiger partial charge in [-0.3, -0.25) is 0 Å². The smallest absolute Gasteiger partial charge is 0.0968 e. The summed E-state index contributed by atoms with van der Waals surface area (Å²) < 4.78 is 0. The van der Waals surface area contributed by atoms with E-state index in [1.165, 1.54) is 5.56 Å². The molecule has 2 N–H and O–H groups in total. The summed E-state index contributed by atoms with van der Waals surface area (Å²) in [7, 11) is 0. The van der Waals surface area contributed by atoms with E-state index < -0.39 is 0 Å². The molecule has 1 aromatic heterocycles. The lowest BCUT2D eigenvalue weighted by Gasteiger charge is -2.14. The van der Waals surface area contributed by atoms with Gasteiger partial charge in [0.2, 0.25) is 0 Å². The third-order valence-electron chi connectivity index (χ3n) is 3.43. The molecule has 3 aromatic rings. The molecule has 2 nitrogen and oxygen atoms in total. The molecule has 0 bridgehead atoms. The SMILES string of the molecule is NCc1cccc(Cl)c1-c1ccccc1Cc1nccs1. The van der Waals surface area contributed by atoms with Crippen molar-refractivity contribution in [2.75, 3.05) is 0 Å². The van der Waals surface area contributed by atoms with E-state index in [0.29, 0.717) is 6.54 Å². The van der Waals surface area contributed by atoms with E-state index in [-0.39, 0.29) is 0 Å². The number of nitrogens with two attached hydrogens (primary N) is 1. The van der Waals surface area contributed by atoms with Gasteiger partial charge in [-0.15, -0.1) is 11.3 Å². The Morgan fingerprint density at radius 1 is 1.05 bits per heavy atom. The van der Waals surface area contributed by atoms with Crippen molar-refractivity contribution in [1.82, 2.24) is 4.98 Å². The summed E-state index contributed by atoms with van der Waals surface area (Å²) in [6.07, 6.45) is 2.65. The minimum atomic E-state index is 0.474. The van der Waals surface area contributed by atoms with Crippen LogP contribution in [0.4, 0.5) is 0 Å². The highest BCUT2D eigenvalue weighted by Crippen LogP contribution is 2.34. The van der Waals surface area contributed by atoms with Gasteiger partial charge in [0.1, 0.15) is 0 Å². The van der Waals surface area contributed by atoms with Crippen molar-refractivity contribution < 1.29 is 0 Å². The van der Waals surface area contributed by atoms with Crippen molar-refractivity contribution in [2.45, 2.75) is 13.0 Å². The van der Waals surface area contributed by atoms with Gasteiger partial charge < -0.3 is 5.73 Å². The Bertz CT molecular complexity index is 738. The first-order chi connectivity index (χ1) is 10.3. The molecule has 2 aromatic carbocycles. The van der Waals surface area contributed by atoms with E-state index in [2.05, 4.69) is 17.1 Å². The summed E-state index contributed by atoms with van der Waals surface area (Å²) >= 11 is 8.09. The van der Waals surface area contributed by atoms with Crippen LogP contribution < -0.4 is 5.73 Å². The van der Waals surface area contributed by atoms with Crippen LogP contribution in [0.1, 0.15) is 16.1 Å². The first kappa shape index (κ1) is 14.3. The molecule has 0 saturated heterocycles. The Morgan fingerprint density at radius 2 is 1.86 bits per heavy atom. The third-order valence-corrected chi connectivity index (χ3v) is 4.53. The topological polar surface area (TPSA) is 38.9 Å². The Labute approximate surface area is 133 Å². The molecule has 0 atom stereocenters. The maximum atomic E-state index is 6.43. The number of nitrogens with zero attached hydrogens (tertiary/aromatic N) is 1. The van der Waals surface area contributed by atoms with Crippen LogP contribution in [0.15, 0.2) is 54.0 Å². The van der Waals surface area contributed by atoms with Gasteiger partial charge in [0.25, 0.3) is 0 Å². The molecule has 4 heteroatoms. The Balaban J connectivity index is 2.11. The fourth-order valence-electron chi connectivity index (χ4n) is 2.46. The molecule has 0 spiro atoms. The van der Waals surface area contributed by atoms with Gasteiger partial charge in [0.15, 0.2) is 0 Å². The second-order valence-corrected chi connectivity index (χ2v) is 6.12. The van der Waals surface area contributed by atoms with E-state index in [9.17, 15) is 0 Å². The standard InChI is InChI=1S/C17H15ClN2S/c18-15-7-3-5-13(11-19)17(15)14-6-2-1-4-12(14)10-16-20-8-9-21-16/h1-9H,10-11,19H2. The van der Waals surface area contributed by atoms with Gasteiger partial charge >= 0.3 is 0 Å². The normalized spacial score (nSPS) is 10.8. The van der Waals surface area contributed by atoms with Gasteiger partial charge in [-0.25, -0.2) is 4.98 Å². The zero-order chi connectivity index (χ0) is 14.7. The van der Waals surface area contributed by atoms with Crippen LogP contribution in [0, 0.1) is 0 Å².